The summed E-state index contributed by atoms with van der Waals surface area (Å²) in [5.41, 5.74) is 6.97. The predicted octanol–water partition coefficient (Wildman–Crippen LogP) is 2.05. The van der Waals surface area contributed by atoms with E-state index in [9.17, 15) is 4.39 Å². The van der Waals surface area contributed by atoms with Crippen molar-refractivity contribution in [3.05, 3.63) is 41.5 Å². The van der Waals surface area contributed by atoms with E-state index in [4.69, 9.17) is 5.73 Å². The highest BCUT2D eigenvalue weighted by Crippen LogP contribution is 2.22. The molecule has 1 atom stereocenters. The monoisotopic (exact) mass is 266 g/mol. The summed E-state index contributed by atoms with van der Waals surface area (Å²) in [6.07, 6.45) is 0. The Morgan fingerprint density at radius 2 is 2.00 bits per heavy atom. The molecule has 2 aromatic rings. The first-order chi connectivity index (χ1) is 8.58. The Morgan fingerprint density at radius 1 is 1.33 bits per heavy atom. The number of aromatic nitrogens is 3. The van der Waals surface area contributed by atoms with Crippen LogP contribution in [-0.4, -0.2) is 20.5 Å². The van der Waals surface area contributed by atoms with E-state index in [-0.39, 0.29) is 11.9 Å². The van der Waals surface area contributed by atoms with Crippen molar-refractivity contribution in [3.63, 3.8) is 0 Å². The van der Waals surface area contributed by atoms with Crippen LogP contribution in [0.3, 0.4) is 0 Å². The van der Waals surface area contributed by atoms with Crippen molar-refractivity contribution >= 4 is 11.8 Å². The summed E-state index contributed by atoms with van der Waals surface area (Å²) in [5, 5.41) is 8.87. The maximum Gasteiger partial charge on any atom is 0.191 e. The van der Waals surface area contributed by atoms with Crippen LogP contribution in [-0.2, 0) is 7.05 Å². The zero-order chi connectivity index (χ0) is 13.1. The Morgan fingerprint density at radius 3 is 2.56 bits per heavy atom. The first kappa shape index (κ1) is 13.0. The summed E-state index contributed by atoms with van der Waals surface area (Å²) in [6.45, 7) is 1.90. The Hall–Kier alpha value is -1.40. The molecule has 0 saturated heterocycles. The largest absolute Gasteiger partial charge is 0.323 e. The van der Waals surface area contributed by atoms with E-state index < -0.39 is 0 Å². The molecular weight excluding hydrogens is 251 g/mol. The molecule has 4 nitrogen and oxygen atoms in total. The van der Waals surface area contributed by atoms with Crippen molar-refractivity contribution in [1.82, 2.24) is 14.8 Å². The number of nitrogens with two attached hydrogens (primary N) is 1. The van der Waals surface area contributed by atoms with Gasteiger partial charge in [-0.1, -0.05) is 23.9 Å². The average Bonchev–Trinajstić information content (AvgIpc) is 2.68. The van der Waals surface area contributed by atoms with Crippen molar-refractivity contribution in [3.8, 4) is 0 Å². The Kier molecular flexibility index (Phi) is 3.98. The molecule has 0 saturated carbocycles. The van der Waals surface area contributed by atoms with Gasteiger partial charge in [0.25, 0.3) is 0 Å². The molecular formula is C12H15FN4S. The standard InChI is InChI=1S/C12H15FN4S/c1-8-15-16-12(17(8)2)18-7-11(14)9-3-5-10(13)6-4-9/h3-6,11H,7,14H2,1-2H3. The fourth-order valence-electron chi connectivity index (χ4n) is 1.48. The lowest BCUT2D eigenvalue weighted by molar-refractivity contribution is 0.626. The highest BCUT2D eigenvalue weighted by molar-refractivity contribution is 7.99. The Labute approximate surface area is 109 Å². The van der Waals surface area contributed by atoms with Gasteiger partial charge < -0.3 is 10.3 Å². The van der Waals surface area contributed by atoms with Crippen LogP contribution in [0.2, 0.25) is 0 Å². The van der Waals surface area contributed by atoms with E-state index in [1.807, 2.05) is 18.5 Å². The highest BCUT2D eigenvalue weighted by atomic mass is 32.2. The molecule has 0 radical (unpaired) electrons. The van der Waals surface area contributed by atoms with Gasteiger partial charge in [0.1, 0.15) is 11.6 Å². The smallest absolute Gasteiger partial charge is 0.191 e. The average molecular weight is 266 g/mol. The van der Waals surface area contributed by atoms with Crippen molar-refractivity contribution in [2.75, 3.05) is 5.75 Å². The van der Waals surface area contributed by atoms with Gasteiger partial charge in [0.05, 0.1) is 0 Å². The molecule has 96 valence electrons. The molecule has 1 aromatic heterocycles. The van der Waals surface area contributed by atoms with Crippen LogP contribution in [0.1, 0.15) is 17.4 Å². The third-order valence-corrected chi connectivity index (χ3v) is 3.88. The molecule has 2 rings (SSSR count). The second-order valence-corrected chi connectivity index (χ2v) is 5.05. The van der Waals surface area contributed by atoms with E-state index >= 15 is 0 Å². The van der Waals surface area contributed by atoms with Gasteiger partial charge in [-0.2, -0.15) is 0 Å². The molecule has 0 aliphatic carbocycles. The lowest BCUT2D eigenvalue weighted by Gasteiger charge is -2.11. The third-order valence-electron chi connectivity index (χ3n) is 2.74. The van der Waals surface area contributed by atoms with Crippen LogP contribution in [0.4, 0.5) is 4.39 Å². The van der Waals surface area contributed by atoms with Gasteiger partial charge in [0, 0.05) is 18.8 Å². The molecule has 0 fully saturated rings. The quantitative estimate of drug-likeness (QED) is 0.861. The summed E-state index contributed by atoms with van der Waals surface area (Å²) in [6, 6.07) is 6.12. The zero-order valence-corrected chi connectivity index (χ0v) is 11.1. The summed E-state index contributed by atoms with van der Waals surface area (Å²) in [5.74, 6) is 1.30. The Balaban J connectivity index is 1.98. The normalized spacial score (nSPS) is 12.7. The highest BCUT2D eigenvalue weighted by Gasteiger charge is 2.10. The van der Waals surface area contributed by atoms with Crippen LogP contribution in [0.15, 0.2) is 29.4 Å². The first-order valence-electron chi connectivity index (χ1n) is 5.58. The van der Waals surface area contributed by atoms with Gasteiger partial charge >= 0.3 is 0 Å². The maximum atomic E-state index is 12.8. The fourth-order valence-corrected chi connectivity index (χ4v) is 2.43. The number of aryl methyl sites for hydroxylation is 1. The van der Waals surface area contributed by atoms with Gasteiger partial charge in [-0.3, -0.25) is 0 Å². The molecule has 1 aromatic carbocycles. The molecule has 1 heterocycles. The number of hydrogen-bond donors (Lipinski definition) is 1. The van der Waals surface area contributed by atoms with Crippen molar-refractivity contribution in [1.29, 1.82) is 0 Å². The zero-order valence-electron chi connectivity index (χ0n) is 10.3. The molecule has 1 unspecified atom stereocenters. The predicted molar refractivity (Wildman–Crippen MR) is 69.8 cm³/mol. The van der Waals surface area contributed by atoms with Crippen LogP contribution in [0.5, 0.6) is 0 Å². The fraction of sp³-hybridized carbons (Fsp3) is 0.333. The van der Waals surface area contributed by atoms with Crippen molar-refractivity contribution in [2.24, 2.45) is 12.8 Å². The SMILES string of the molecule is Cc1nnc(SCC(N)c2ccc(F)cc2)n1C. The van der Waals surface area contributed by atoms with Crippen LogP contribution < -0.4 is 5.73 Å². The summed E-state index contributed by atoms with van der Waals surface area (Å²) in [4.78, 5) is 0. The van der Waals surface area contributed by atoms with Crippen molar-refractivity contribution in [2.45, 2.75) is 18.1 Å². The lowest BCUT2D eigenvalue weighted by Crippen LogP contribution is -2.13. The molecule has 0 spiro atoms. The molecule has 0 amide bonds. The van der Waals surface area contributed by atoms with E-state index in [0.717, 1.165) is 16.5 Å². The first-order valence-corrected chi connectivity index (χ1v) is 6.56. The van der Waals surface area contributed by atoms with Crippen LogP contribution in [0.25, 0.3) is 0 Å². The number of halogens is 1. The van der Waals surface area contributed by atoms with Gasteiger partial charge in [0.2, 0.25) is 0 Å². The molecule has 0 aliphatic heterocycles. The molecule has 6 heteroatoms. The number of benzene rings is 1. The van der Waals surface area contributed by atoms with Gasteiger partial charge in [-0.05, 0) is 24.6 Å². The van der Waals surface area contributed by atoms with Gasteiger partial charge in [-0.25, -0.2) is 4.39 Å². The minimum atomic E-state index is -0.248. The number of rotatable bonds is 4. The minimum absolute atomic E-state index is 0.146. The third kappa shape index (κ3) is 2.88. The summed E-state index contributed by atoms with van der Waals surface area (Å²) >= 11 is 1.55. The van der Waals surface area contributed by atoms with E-state index in [1.54, 1.807) is 23.9 Å². The lowest BCUT2D eigenvalue weighted by atomic mass is 10.1. The number of hydrogen-bond acceptors (Lipinski definition) is 4. The Bertz CT molecular complexity index is 523. The van der Waals surface area contributed by atoms with E-state index in [0.29, 0.717) is 5.75 Å². The molecule has 2 N–H and O–H groups in total. The minimum Gasteiger partial charge on any atom is -0.323 e. The molecule has 18 heavy (non-hydrogen) atoms. The topological polar surface area (TPSA) is 56.7 Å². The van der Waals surface area contributed by atoms with Gasteiger partial charge in [0.15, 0.2) is 5.16 Å². The second-order valence-electron chi connectivity index (χ2n) is 4.06. The number of nitrogens with zero attached hydrogens (tertiary/aromatic N) is 3. The molecule has 0 bridgehead atoms. The van der Waals surface area contributed by atoms with E-state index in [1.165, 1.54) is 12.1 Å². The van der Waals surface area contributed by atoms with Crippen molar-refractivity contribution < 1.29 is 4.39 Å². The second kappa shape index (κ2) is 5.49. The summed E-state index contributed by atoms with van der Waals surface area (Å²) < 4.78 is 14.7. The van der Waals surface area contributed by atoms with Crippen LogP contribution >= 0.6 is 11.8 Å². The van der Waals surface area contributed by atoms with Crippen LogP contribution in [0, 0.1) is 12.7 Å². The summed E-state index contributed by atoms with van der Waals surface area (Å²) in [7, 11) is 1.92. The van der Waals surface area contributed by atoms with E-state index in [2.05, 4.69) is 10.2 Å². The number of thioether (sulfide) groups is 1. The van der Waals surface area contributed by atoms with Gasteiger partial charge in [-0.15, -0.1) is 10.2 Å². The maximum absolute atomic E-state index is 12.8. The molecule has 0 aliphatic rings.